The molecule has 0 amide bonds. The van der Waals surface area contributed by atoms with Gasteiger partial charge in [0, 0.05) is 0 Å². The third kappa shape index (κ3) is 5.53. The van der Waals surface area contributed by atoms with E-state index in [1.54, 1.807) is 0 Å². The molecule has 0 aromatic heterocycles. The van der Waals surface area contributed by atoms with E-state index in [1.807, 2.05) is 21.6 Å². The maximum atomic E-state index is 8.45. The van der Waals surface area contributed by atoms with E-state index in [0.717, 1.165) is 40.9 Å². The Balaban J connectivity index is 0. The minimum absolute atomic E-state index is 0. The van der Waals surface area contributed by atoms with E-state index in [-0.39, 0.29) is 6.15 Å². The summed E-state index contributed by atoms with van der Waals surface area (Å²) < 4.78 is 0. The normalized spacial score (nSPS) is 9.43. The molecule has 0 bridgehead atoms. The van der Waals surface area contributed by atoms with E-state index >= 15 is 0 Å². The Morgan fingerprint density at radius 3 is 1.00 bits per heavy atom. The minimum atomic E-state index is -2.26. The summed E-state index contributed by atoms with van der Waals surface area (Å²) in [6, 6.07) is 0. The van der Waals surface area contributed by atoms with E-state index in [9.17, 15) is 0 Å². The summed E-state index contributed by atoms with van der Waals surface area (Å²) in [7, 11) is 1.08. The van der Waals surface area contributed by atoms with E-state index in [4.69, 9.17) is 21.0 Å². The van der Waals surface area contributed by atoms with Crippen LogP contribution in [-0.2, 0) is 8.18 Å². The van der Waals surface area contributed by atoms with Crippen molar-refractivity contribution >= 4 is 40.9 Å². The monoisotopic (exact) mass is 308 g/mol. The van der Waals surface area contributed by atoms with Gasteiger partial charge in [-0.05, 0) is 0 Å². The van der Waals surface area contributed by atoms with Crippen LogP contribution in [-0.4, -0.2) is 0 Å². The Hall–Kier alpha value is -0.174. The Kier molecular flexibility index (Phi) is 10.9. The second-order valence-electron chi connectivity index (χ2n) is 0.971. The van der Waals surface area contributed by atoms with Crippen LogP contribution in [0.15, 0.2) is 0 Å². The number of hydrogen-bond donors (Lipinski definition) is 1. The number of hydrogen-bond acceptors (Lipinski definition) is 9. The molecule has 0 aromatic carbocycles. The zero-order chi connectivity index (χ0) is 10.2. The Bertz CT molecular complexity index is 262. The molecule has 0 heterocycles. The summed E-state index contributed by atoms with van der Waals surface area (Å²) in [6.07, 6.45) is 0. The van der Waals surface area contributed by atoms with Gasteiger partial charge in [-0.25, -0.2) is 0 Å². The Morgan fingerprint density at radius 1 is 0.643 bits per heavy atom. The van der Waals surface area contributed by atoms with Crippen molar-refractivity contribution in [2.45, 2.75) is 0 Å². The van der Waals surface area contributed by atoms with Crippen molar-refractivity contribution in [3.63, 3.8) is 0 Å². The molecule has 0 saturated heterocycles. The van der Waals surface area contributed by atoms with Gasteiger partial charge in [0.2, 0.25) is 0 Å². The zero-order valence-electron chi connectivity index (χ0n) is 6.46. The number of nitrogens with zero attached hydrogens (tertiary/aromatic N) is 4. The van der Waals surface area contributed by atoms with Crippen LogP contribution >= 0.6 is 40.9 Å². The van der Waals surface area contributed by atoms with Crippen molar-refractivity contribution in [2.24, 2.45) is 0 Å². The molecule has 0 aliphatic heterocycles. The number of nitriles is 4. The first kappa shape index (κ1) is 16.3. The van der Waals surface area contributed by atoms with E-state index in [0.29, 0.717) is 0 Å². The topological polar surface area (TPSA) is 130 Å². The molecule has 0 aromatic rings. The molecule has 0 aliphatic rings. The van der Waals surface area contributed by atoms with E-state index < -0.39 is 8.18 Å². The summed E-state index contributed by atoms with van der Waals surface area (Å²) >= 11 is 0. The van der Waals surface area contributed by atoms with Crippen molar-refractivity contribution in [1.82, 2.24) is 6.15 Å². The van der Waals surface area contributed by atoms with Crippen LogP contribution in [0.2, 0.25) is 0 Å². The van der Waals surface area contributed by atoms with Crippen LogP contribution < -0.4 is 6.15 Å². The van der Waals surface area contributed by atoms with Crippen molar-refractivity contribution in [3.8, 4) is 21.6 Å². The van der Waals surface area contributed by atoms with E-state index in [1.165, 1.54) is 0 Å². The van der Waals surface area contributed by atoms with Crippen molar-refractivity contribution in [3.05, 3.63) is 0 Å². The van der Waals surface area contributed by atoms with Gasteiger partial charge in [0.1, 0.15) is 0 Å². The maximum absolute atomic E-state index is 8.45. The van der Waals surface area contributed by atoms with Crippen molar-refractivity contribution < 1.29 is 8.18 Å². The average molecular weight is 308 g/mol. The molecule has 0 rings (SSSR count). The molecule has 14 heavy (non-hydrogen) atoms. The first-order valence-corrected chi connectivity index (χ1v) is 10.1. The predicted octanol–water partition coefficient (Wildman–Crippen LogP) is 2.82. The van der Waals surface area contributed by atoms with Gasteiger partial charge in [-0.1, -0.05) is 0 Å². The summed E-state index contributed by atoms with van der Waals surface area (Å²) in [5, 5.41) is 41.1. The summed E-state index contributed by atoms with van der Waals surface area (Å²) in [5.41, 5.74) is 0. The van der Waals surface area contributed by atoms with Gasteiger partial charge in [-0.15, -0.1) is 0 Å². The SMILES string of the molecule is N.N#C[S][Co]([S]C#N)([S]C#N)[S]C#N. The molecular formula is C4H3CoN5S4. The van der Waals surface area contributed by atoms with Crippen LogP contribution in [0, 0.1) is 42.7 Å². The quantitative estimate of drug-likeness (QED) is 0.778. The molecule has 0 spiro atoms. The summed E-state index contributed by atoms with van der Waals surface area (Å²) in [5.74, 6) is 0. The van der Waals surface area contributed by atoms with Gasteiger partial charge < -0.3 is 6.15 Å². The first-order chi connectivity index (χ1) is 6.24. The molecular weight excluding hydrogens is 305 g/mol. The van der Waals surface area contributed by atoms with Crippen LogP contribution in [0.25, 0.3) is 0 Å². The fourth-order valence-corrected chi connectivity index (χ4v) is 8.62. The van der Waals surface area contributed by atoms with Gasteiger partial charge in [-0.2, -0.15) is 0 Å². The average Bonchev–Trinajstić information content (AvgIpc) is 2.06. The molecule has 0 fully saturated rings. The molecule has 3 N–H and O–H groups in total. The summed E-state index contributed by atoms with van der Waals surface area (Å²) in [4.78, 5) is 0. The zero-order valence-corrected chi connectivity index (χ0v) is 10.8. The fourth-order valence-electron chi connectivity index (χ4n) is 0.232. The molecule has 77 valence electrons. The second-order valence-corrected chi connectivity index (χ2v) is 16.8. The molecule has 0 radical (unpaired) electrons. The molecule has 0 atom stereocenters. The fraction of sp³-hybridized carbons (Fsp3) is 0. The summed E-state index contributed by atoms with van der Waals surface area (Å²) in [6.45, 7) is 0. The molecule has 0 saturated carbocycles. The first-order valence-electron chi connectivity index (χ1n) is 2.26. The van der Waals surface area contributed by atoms with Crippen LogP contribution in [0.5, 0.6) is 0 Å². The van der Waals surface area contributed by atoms with Gasteiger partial charge in [-0.3, -0.25) is 0 Å². The number of thiocyanates is 4. The Morgan fingerprint density at radius 2 is 0.857 bits per heavy atom. The van der Waals surface area contributed by atoms with Crippen LogP contribution in [0.4, 0.5) is 0 Å². The molecule has 0 unspecified atom stereocenters. The molecule has 0 aliphatic carbocycles. The Labute approximate surface area is 97.3 Å². The van der Waals surface area contributed by atoms with Gasteiger partial charge in [0.25, 0.3) is 0 Å². The molecule has 5 nitrogen and oxygen atoms in total. The predicted molar refractivity (Wildman–Crippen MR) is 57.8 cm³/mol. The van der Waals surface area contributed by atoms with Gasteiger partial charge >= 0.3 is 91.8 Å². The van der Waals surface area contributed by atoms with E-state index in [2.05, 4.69) is 0 Å². The van der Waals surface area contributed by atoms with Crippen molar-refractivity contribution in [2.75, 3.05) is 0 Å². The van der Waals surface area contributed by atoms with Crippen molar-refractivity contribution in [1.29, 1.82) is 21.0 Å². The van der Waals surface area contributed by atoms with Crippen LogP contribution in [0.1, 0.15) is 0 Å². The second kappa shape index (κ2) is 9.38. The molecule has 10 heteroatoms. The van der Waals surface area contributed by atoms with Gasteiger partial charge in [0.15, 0.2) is 0 Å². The standard InChI is InChI=1S/4CHNS.Co.H3N/c4*2-1-3;;/h4*3H;;1H3/q;;;;+4;/p-4. The third-order valence-electron chi connectivity index (χ3n) is 0.455. The third-order valence-corrected chi connectivity index (χ3v) is 13.9. The number of rotatable bonds is 4. The van der Waals surface area contributed by atoms with Gasteiger partial charge in [0.05, 0.1) is 0 Å². The van der Waals surface area contributed by atoms with Crippen LogP contribution in [0.3, 0.4) is 0 Å².